The Morgan fingerprint density at radius 3 is 2.61 bits per heavy atom. The second-order valence-corrected chi connectivity index (χ2v) is 8.20. The number of methoxy groups -OCH3 is 1. The number of benzene rings is 1. The zero-order valence-corrected chi connectivity index (χ0v) is 18.4. The normalized spacial score (nSPS) is 16.4. The highest BCUT2D eigenvalue weighted by Crippen LogP contribution is 2.34. The third-order valence-electron chi connectivity index (χ3n) is 6.12. The van der Waals surface area contributed by atoms with Crippen molar-refractivity contribution in [3.8, 4) is 11.5 Å². The van der Waals surface area contributed by atoms with Gasteiger partial charge in [-0.05, 0) is 24.6 Å². The molecule has 0 spiro atoms. The summed E-state index contributed by atoms with van der Waals surface area (Å²) in [5, 5.41) is 13.4. The number of hydrogen-bond donors (Lipinski definition) is 2. The molecule has 0 bridgehead atoms. The SMILES string of the molecule is COc1cc(Nc2ncnc3cnc(N4CCC4)cc23)ccc1OC1CCN(C(=O)O)CC1. The molecule has 2 aliphatic heterocycles. The van der Waals surface area contributed by atoms with E-state index in [1.54, 1.807) is 13.3 Å². The number of nitrogens with zero attached hydrogens (tertiary/aromatic N) is 5. The molecule has 2 aromatic heterocycles. The Labute approximate surface area is 191 Å². The van der Waals surface area contributed by atoms with Crippen LogP contribution in [0, 0.1) is 0 Å². The van der Waals surface area contributed by atoms with E-state index in [0.29, 0.717) is 43.2 Å². The fourth-order valence-corrected chi connectivity index (χ4v) is 4.09. The summed E-state index contributed by atoms with van der Waals surface area (Å²) < 4.78 is 11.7. The van der Waals surface area contributed by atoms with Gasteiger partial charge in [-0.1, -0.05) is 0 Å². The lowest BCUT2D eigenvalue weighted by Crippen LogP contribution is -2.41. The van der Waals surface area contributed by atoms with Crippen LogP contribution in [0.5, 0.6) is 11.5 Å². The van der Waals surface area contributed by atoms with E-state index in [-0.39, 0.29) is 6.10 Å². The van der Waals surface area contributed by atoms with Crippen molar-refractivity contribution in [3.05, 3.63) is 36.8 Å². The number of aromatic nitrogens is 3. The Balaban J connectivity index is 1.33. The molecule has 0 unspecified atom stereocenters. The molecule has 2 fully saturated rings. The highest BCUT2D eigenvalue weighted by Gasteiger charge is 2.24. The van der Waals surface area contributed by atoms with Gasteiger partial charge in [0.25, 0.3) is 0 Å². The lowest BCUT2D eigenvalue weighted by atomic mass is 10.1. The van der Waals surface area contributed by atoms with Gasteiger partial charge in [0.2, 0.25) is 0 Å². The van der Waals surface area contributed by atoms with E-state index in [1.807, 2.05) is 24.3 Å². The molecule has 0 aliphatic carbocycles. The quantitative estimate of drug-likeness (QED) is 0.582. The summed E-state index contributed by atoms with van der Waals surface area (Å²) >= 11 is 0. The van der Waals surface area contributed by atoms with Gasteiger partial charge in [0.1, 0.15) is 24.1 Å². The first-order valence-electron chi connectivity index (χ1n) is 11.1. The average Bonchev–Trinajstić information content (AvgIpc) is 2.79. The fourth-order valence-electron chi connectivity index (χ4n) is 4.09. The lowest BCUT2D eigenvalue weighted by Gasteiger charge is -2.32. The van der Waals surface area contributed by atoms with E-state index in [0.717, 1.165) is 35.5 Å². The minimum Gasteiger partial charge on any atom is -0.493 e. The van der Waals surface area contributed by atoms with Crippen molar-refractivity contribution in [2.75, 3.05) is 43.5 Å². The standard InChI is InChI=1S/C23H26N6O4/c1-32-20-11-15(3-4-19(20)33-16-5-9-29(10-6-16)23(30)31)27-22-17-12-21(28-7-2-8-28)24-13-18(17)25-14-26-22/h3-4,11-14,16H,2,5-10H2,1H3,(H,30,31)(H,25,26,27). The topological polar surface area (TPSA) is 113 Å². The van der Waals surface area contributed by atoms with Crippen molar-refractivity contribution in [2.24, 2.45) is 0 Å². The first-order valence-corrected chi connectivity index (χ1v) is 11.1. The number of amides is 1. The first-order chi connectivity index (χ1) is 16.1. The van der Waals surface area contributed by atoms with Crippen LogP contribution in [0.1, 0.15) is 19.3 Å². The molecule has 0 atom stereocenters. The van der Waals surface area contributed by atoms with Gasteiger partial charge in [-0.2, -0.15) is 0 Å². The van der Waals surface area contributed by atoms with Gasteiger partial charge >= 0.3 is 6.09 Å². The maximum absolute atomic E-state index is 11.1. The molecule has 1 amide bonds. The van der Waals surface area contributed by atoms with Gasteiger partial charge in [0, 0.05) is 56.2 Å². The number of ether oxygens (including phenoxy) is 2. The number of carbonyl (C=O) groups is 1. The van der Waals surface area contributed by atoms with E-state index in [2.05, 4.69) is 25.2 Å². The highest BCUT2D eigenvalue weighted by molar-refractivity contribution is 5.92. The summed E-state index contributed by atoms with van der Waals surface area (Å²) in [5.41, 5.74) is 1.58. The maximum atomic E-state index is 11.1. The zero-order valence-electron chi connectivity index (χ0n) is 18.4. The van der Waals surface area contributed by atoms with Crippen LogP contribution in [0.4, 0.5) is 22.1 Å². The van der Waals surface area contributed by atoms with E-state index < -0.39 is 6.09 Å². The molecule has 10 nitrogen and oxygen atoms in total. The molecular weight excluding hydrogens is 424 g/mol. The second kappa shape index (κ2) is 8.97. The molecule has 2 aliphatic rings. The Bertz CT molecular complexity index is 1160. The smallest absolute Gasteiger partial charge is 0.407 e. The third-order valence-corrected chi connectivity index (χ3v) is 6.12. The number of hydrogen-bond acceptors (Lipinski definition) is 8. The Hall–Kier alpha value is -3.82. The predicted octanol–water partition coefficient (Wildman–Crippen LogP) is 3.51. The largest absolute Gasteiger partial charge is 0.493 e. The summed E-state index contributed by atoms with van der Waals surface area (Å²) in [4.78, 5) is 28.1. The van der Waals surface area contributed by atoms with Crippen molar-refractivity contribution in [1.82, 2.24) is 19.9 Å². The fraction of sp³-hybridized carbons (Fsp3) is 0.391. The summed E-state index contributed by atoms with van der Waals surface area (Å²) in [7, 11) is 1.60. The minimum absolute atomic E-state index is 0.0495. The van der Waals surface area contributed by atoms with Crippen LogP contribution in [0.15, 0.2) is 36.8 Å². The van der Waals surface area contributed by atoms with Gasteiger partial charge in [0.15, 0.2) is 11.5 Å². The Kier molecular flexibility index (Phi) is 5.72. The second-order valence-electron chi connectivity index (χ2n) is 8.20. The van der Waals surface area contributed by atoms with E-state index in [4.69, 9.17) is 14.6 Å². The van der Waals surface area contributed by atoms with Crippen LogP contribution in [0.3, 0.4) is 0 Å². The molecule has 33 heavy (non-hydrogen) atoms. The monoisotopic (exact) mass is 450 g/mol. The number of fused-ring (bicyclic) bond motifs is 1. The van der Waals surface area contributed by atoms with Crippen LogP contribution in [-0.4, -0.2) is 70.4 Å². The van der Waals surface area contributed by atoms with Crippen molar-refractivity contribution >= 4 is 34.3 Å². The van der Waals surface area contributed by atoms with Crippen molar-refractivity contribution < 1.29 is 19.4 Å². The first kappa shape index (κ1) is 21.0. The number of likely N-dealkylation sites (tertiary alicyclic amines) is 1. The Morgan fingerprint density at radius 2 is 1.91 bits per heavy atom. The van der Waals surface area contributed by atoms with Crippen LogP contribution in [0.25, 0.3) is 10.9 Å². The number of anilines is 3. The summed E-state index contributed by atoms with van der Waals surface area (Å²) in [5.74, 6) is 2.86. The highest BCUT2D eigenvalue weighted by atomic mass is 16.5. The van der Waals surface area contributed by atoms with Gasteiger partial charge in [0.05, 0.1) is 18.8 Å². The molecule has 2 N–H and O–H groups in total. The van der Waals surface area contributed by atoms with Crippen LogP contribution >= 0.6 is 0 Å². The molecule has 4 heterocycles. The molecule has 0 radical (unpaired) electrons. The van der Waals surface area contributed by atoms with Gasteiger partial charge < -0.3 is 29.7 Å². The number of rotatable bonds is 6. The Morgan fingerprint density at radius 1 is 1.09 bits per heavy atom. The molecular formula is C23H26N6O4. The molecule has 5 rings (SSSR count). The minimum atomic E-state index is -0.883. The van der Waals surface area contributed by atoms with Gasteiger partial charge in [-0.3, -0.25) is 0 Å². The molecule has 172 valence electrons. The molecule has 0 saturated carbocycles. The van der Waals surface area contributed by atoms with E-state index in [9.17, 15) is 4.79 Å². The van der Waals surface area contributed by atoms with Crippen molar-refractivity contribution in [3.63, 3.8) is 0 Å². The van der Waals surface area contributed by atoms with Crippen LogP contribution < -0.4 is 19.7 Å². The lowest BCUT2D eigenvalue weighted by molar-refractivity contribution is 0.0878. The molecule has 1 aromatic carbocycles. The maximum Gasteiger partial charge on any atom is 0.407 e. The number of nitrogens with one attached hydrogen (secondary N) is 1. The van der Waals surface area contributed by atoms with Crippen molar-refractivity contribution in [1.29, 1.82) is 0 Å². The van der Waals surface area contributed by atoms with Crippen LogP contribution in [0.2, 0.25) is 0 Å². The van der Waals surface area contributed by atoms with Gasteiger partial charge in [-0.15, -0.1) is 0 Å². The zero-order chi connectivity index (χ0) is 22.8. The van der Waals surface area contributed by atoms with Gasteiger partial charge in [-0.25, -0.2) is 19.7 Å². The summed E-state index contributed by atoms with van der Waals surface area (Å²) in [6.07, 6.45) is 4.85. The summed E-state index contributed by atoms with van der Waals surface area (Å²) in [6.45, 7) is 2.97. The third kappa shape index (κ3) is 4.41. The molecule has 10 heteroatoms. The number of pyridine rings is 1. The van der Waals surface area contributed by atoms with E-state index >= 15 is 0 Å². The van der Waals surface area contributed by atoms with Crippen LogP contribution in [-0.2, 0) is 0 Å². The molecule has 2 saturated heterocycles. The summed E-state index contributed by atoms with van der Waals surface area (Å²) in [6, 6.07) is 7.67. The van der Waals surface area contributed by atoms with E-state index in [1.165, 1.54) is 17.6 Å². The predicted molar refractivity (Wildman–Crippen MR) is 124 cm³/mol. The number of piperidine rings is 1. The number of carboxylic acid groups (broad SMARTS) is 1. The average molecular weight is 450 g/mol. The van der Waals surface area contributed by atoms with Crippen molar-refractivity contribution in [2.45, 2.75) is 25.4 Å². The molecule has 3 aromatic rings.